The first kappa shape index (κ1) is 15.1. The lowest BCUT2D eigenvalue weighted by Gasteiger charge is -2.20. The first-order chi connectivity index (χ1) is 10.5. The Bertz CT molecular complexity index is 575. The molecule has 1 saturated heterocycles. The van der Waals surface area contributed by atoms with Crippen molar-refractivity contribution in [2.24, 2.45) is 5.92 Å². The standard InChI is InChI=1S/C16H23N3O3/c1-10-14(22-11(2)17-10)15(20)18-13-7-8-19(9-13)16(21)12-5-3-4-6-12/h12-13H,3-9H2,1-2H3,(H,18,20)/t13-/m0/s1. The van der Waals surface area contributed by atoms with Crippen molar-refractivity contribution >= 4 is 11.8 Å². The maximum atomic E-state index is 12.4. The van der Waals surface area contributed by atoms with Gasteiger partial charge in [-0.2, -0.15) is 0 Å². The summed E-state index contributed by atoms with van der Waals surface area (Å²) in [6.45, 7) is 4.82. The van der Waals surface area contributed by atoms with Crippen molar-refractivity contribution in [3.63, 3.8) is 0 Å². The molecule has 0 bridgehead atoms. The fourth-order valence-corrected chi connectivity index (χ4v) is 3.50. The maximum absolute atomic E-state index is 12.4. The lowest BCUT2D eigenvalue weighted by molar-refractivity contribution is -0.134. The van der Waals surface area contributed by atoms with E-state index in [-0.39, 0.29) is 29.5 Å². The summed E-state index contributed by atoms with van der Waals surface area (Å²) in [5.74, 6) is 0.998. The molecule has 2 aliphatic rings. The van der Waals surface area contributed by atoms with Crippen LogP contribution in [0.25, 0.3) is 0 Å². The predicted molar refractivity (Wildman–Crippen MR) is 80.4 cm³/mol. The molecule has 1 atom stereocenters. The van der Waals surface area contributed by atoms with E-state index in [0.717, 1.165) is 38.6 Å². The number of oxazole rings is 1. The smallest absolute Gasteiger partial charge is 0.289 e. The number of hydrogen-bond acceptors (Lipinski definition) is 4. The van der Waals surface area contributed by atoms with Gasteiger partial charge < -0.3 is 14.6 Å². The summed E-state index contributed by atoms with van der Waals surface area (Å²) in [4.78, 5) is 30.6. The Morgan fingerprint density at radius 3 is 2.59 bits per heavy atom. The van der Waals surface area contributed by atoms with Crippen LogP contribution in [0.4, 0.5) is 0 Å². The molecule has 1 aromatic heterocycles. The van der Waals surface area contributed by atoms with E-state index in [1.807, 2.05) is 4.90 Å². The fraction of sp³-hybridized carbons (Fsp3) is 0.688. The van der Waals surface area contributed by atoms with E-state index in [1.165, 1.54) is 0 Å². The second-order valence-electron chi connectivity index (χ2n) is 6.37. The molecule has 0 unspecified atom stereocenters. The zero-order valence-corrected chi connectivity index (χ0v) is 13.2. The Kier molecular flexibility index (Phi) is 4.18. The van der Waals surface area contributed by atoms with Crippen LogP contribution in [0.15, 0.2) is 4.42 Å². The molecule has 2 amide bonds. The van der Waals surface area contributed by atoms with E-state index in [0.29, 0.717) is 18.1 Å². The van der Waals surface area contributed by atoms with Crippen LogP contribution in [-0.2, 0) is 4.79 Å². The Labute approximate surface area is 130 Å². The molecule has 2 fully saturated rings. The molecule has 0 radical (unpaired) electrons. The first-order valence-electron chi connectivity index (χ1n) is 8.08. The Balaban J connectivity index is 1.55. The molecule has 1 aliphatic heterocycles. The molecule has 1 aliphatic carbocycles. The SMILES string of the molecule is Cc1nc(C)c(C(=O)N[C@H]2CCN(C(=O)C3CCCC3)C2)o1. The number of nitrogens with one attached hydrogen (secondary N) is 1. The molecule has 22 heavy (non-hydrogen) atoms. The lowest BCUT2D eigenvalue weighted by atomic mass is 10.1. The van der Waals surface area contributed by atoms with Gasteiger partial charge >= 0.3 is 0 Å². The number of likely N-dealkylation sites (tertiary alicyclic amines) is 1. The summed E-state index contributed by atoms with van der Waals surface area (Å²) >= 11 is 0. The van der Waals surface area contributed by atoms with E-state index >= 15 is 0 Å². The number of carbonyl (C=O) groups excluding carboxylic acids is 2. The molecule has 0 aromatic carbocycles. The predicted octanol–water partition coefficient (Wildman–Crippen LogP) is 1.81. The molecule has 1 saturated carbocycles. The quantitative estimate of drug-likeness (QED) is 0.924. The monoisotopic (exact) mass is 305 g/mol. The van der Waals surface area contributed by atoms with Gasteiger partial charge in [-0.3, -0.25) is 9.59 Å². The van der Waals surface area contributed by atoms with E-state index in [2.05, 4.69) is 10.3 Å². The van der Waals surface area contributed by atoms with Gasteiger partial charge in [0.25, 0.3) is 5.91 Å². The highest BCUT2D eigenvalue weighted by Crippen LogP contribution is 2.27. The normalized spacial score (nSPS) is 22.3. The summed E-state index contributed by atoms with van der Waals surface area (Å²) in [6.07, 6.45) is 5.16. The van der Waals surface area contributed by atoms with Gasteiger partial charge in [0.05, 0.1) is 5.69 Å². The third-order valence-electron chi connectivity index (χ3n) is 4.65. The van der Waals surface area contributed by atoms with Crippen molar-refractivity contribution in [1.82, 2.24) is 15.2 Å². The topological polar surface area (TPSA) is 75.4 Å². The number of aromatic nitrogens is 1. The van der Waals surface area contributed by atoms with Crippen LogP contribution >= 0.6 is 0 Å². The Morgan fingerprint density at radius 2 is 1.95 bits per heavy atom. The van der Waals surface area contributed by atoms with E-state index < -0.39 is 0 Å². The Hall–Kier alpha value is -1.85. The van der Waals surface area contributed by atoms with Gasteiger partial charge in [0.2, 0.25) is 11.7 Å². The van der Waals surface area contributed by atoms with Crippen molar-refractivity contribution in [3.05, 3.63) is 17.3 Å². The van der Waals surface area contributed by atoms with Crippen LogP contribution in [-0.4, -0.2) is 40.8 Å². The van der Waals surface area contributed by atoms with Crippen LogP contribution in [0, 0.1) is 19.8 Å². The van der Waals surface area contributed by atoms with Crippen molar-refractivity contribution in [2.75, 3.05) is 13.1 Å². The van der Waals surface area contributed by atoms with Gasteiger partial charge in [0.15, 0.2) is 5.89 Å². The Morgan fingerprint density at radius 1 is 1.23 bits per heavy atom. The van der Waals surface area contributed by atoms with Crippen LogP contribution in [0.1, 0.15) is 54.2 Å². The van der Waals surface area contributed by atoms with E-state index in [9.17, 15) is 9.59 Å². The second kappa shape index (κ2) is 6.10. The second-order valence-corrected chi connectivity index (χ2v) is 6.37. The summed E-state index contributed by atoms with van der Waals surface area (Å²) < 4.78 is 5.34. The summed E-state index contributed by atoms with van der Waals surface area (Å²) in [6, 6.07) is 0.00246. The molecule has 2 heterocycles. The lowest BCUT2D eigenvalue weighted by Crippen LogP contribution is -2.39. The fourth-order valence-electron chi connectivity index (χ4n) is 3.50. The molecular weight excluding hydrogens is 282 g/mol. The average Bonchev–Trinajstić information content (AvgIpc) is 3.19. The zero-order chi connectivity index (χ0) is 15.7. The minimum atomic E-state index is -0.238. The number of aryl methyl sites for hydroxylation is 2. The van der Waals surface area contributed by atoms with Crippen LogP contribution < -0.4 is 5.32 Å². The van der Waals surface area contributed by atoms with Gasteiger partial charge in [-0.15, -0.1) is 0 Å². The number of carbonyl (C=O) groups is 2. The molecule has 120 valence electrons. The molecule has 6 heteroatoms. The minimum absolute atomic E-state index is 0.00246. The van der Waals surface area contributed by atoms with Crippen LogP contribution in [0.5, 0.6) is 0 Å². The van der Waals surface area contributed by atoms with Crippen molar-refractivity contribution in [2.45, 2.75) is 52.0 Å². The largest absolute Gasteiger partial charge is 0.436 e. The minimum Gasteiger partial charge on any atom is -0.436 e. The highest BCUT2D eigenvalue weighted by Gasteiger charge is 2.33. The first-order valence-corrected chi connectivity index (χ1v) is 8.08. The van der Waals surface area contributed by atoms with Crippen LogP contribution in [0.2, 0.25) is 0 Å². The third-order valence-corrected chi connectivity index (χ3v) is 4.65. The number of amides is 2. The molecular formula is C16H23N3O3. The molecule has 1 aromatic rings. The van der Waals surface area contributed by atoms with Crippen molar-refractivity contribution in [1.29, 1.82) is 0 Å². The summed E-state index contributed by atoms with van der Waals surface area (Å²) in [5.41, 5.74) is 0.604. The summed E-state index contributed by atoms with van der Waals surface area (Å²) in [5, 5.41) is 2.96. The van der Waals surface area contributed by atoms with Crippen molar-refractivity contribution < 1.29 is 14.0 Å². The average molecular weight is 305 g/mol. The van der Waals surface area contributed by atoms with Gasteiger partial charge in [0.1, 0.15) is 0 Å². The molecule has 1 N–H and O–H groups in total. The third kappa shape index (κ3) is 3.00. The van der Waals surface area contributed by atoms with Gasteiger partial charge in [-0.05, 0) is 26.2 Å². The number of rotatable bonds is 3. The highest BCUT2D eigenvalue weighted by atomic mass is 16.4. The van der Waals surface area contributed by atoms with Gasteiger partial charge in [-0.25, -0.2) is 4.98 Å². The zero-order valence-electron chi connectivity index (χ0n) is 13.2. The summed E-state index contributed by atoms with van der Waals surface area (Å²) in [7, 11) is 0. The van der Waals surface area contributed by atoms with Gasteiger partial charge in [-0.1, -0.05) is 12.8 Å². The van der Waals surface area contributed by atoms with Crippen LogP contribution in [0.3, 0.4) is 0 Å². The molecule has 6 nitrogen and oxygen atoms in total. The number of nitrogens with zero attached hydrogens (tertiary/aromatic N) is 2. The number of hydrogen-bond donors (Lipinski definition) is 1. The van der Waals surface area contributed by atoms with Gasteiger partial charge in [0, 0.05) is 32.0 Å². The highest BCUT2D eigenvalue weighted by molar-refractivity contribution is 5.92. The van der Waals surface area contributed by atoms with E-state index in [1.54, 1.807) is 13.8 Å². The molecule has 0 spiro atoms. The maximum Gasteiger partial charge on any atom is 0.289 e. The van der Waals surface area contributed by atoms with Crippen molar-refractivity contribution in [3.8, 4) is 0 Å². The molecule has 3 rings (SSSR count). The van der Waals surface area contributed by atoms with E-state index in [4.69, 9.17) is 4.42 Å².